The van der Waals surface area contributed by atoms with Crippen LogP contribution in [0.3, 0.4) is 0 Å². The molecule has 0 atom stereocenters. The molecule has 128 valence electrons. The zero-order valence-electron chi connectivity index (χ0n) is 14.4. The molecule has 0 fully saturated rings. The first-order valence-electron chi connectivity index (χ1n) is 8.74. The minimum absolute atomic E-state index is 0.718. The van der Waals surface area contributed by atoms with Crippen LogP contribution in [0.5, 0.6) is 0 Å². The van der Waals surface area contributed by atoms with E-state index in [2.05, 4.69) is 44.7 Å². The molecule has 2 aromatic carbocycles. The van der Waals surface area contributed by atoms with Gasteiger partial charge in [-0.3, -0.25) is 0 Å². The minimum Gasteiger partial charge on any atom is -0.450 e. The van der Waals surface area contributed by atoms with Crippen LogP contribution >= 0.6 is 0 Å². The number of rotatable bonds is 4. The van der Waals surface area contributed by atoms with Crippen molar-refractivity contribution in [3.8, 4) is 0 Å². The number of furan rings is 1. The fourth-order valence-corrected chi connectivity index (χ4v) is 3.48. The number of hydrogen-bond acceptors (Lipinski definition) is 4. The lowest BCUT2D eigenvalue weighted by Crippen LogP contribution is -2.07. The lowest BCUT2D eigenvalue weighted by atomic mass is 10.1. The highest BCUT2D eigenvalue weighted by atomic mass is 16.3. The summed E-state index contributed by atoms with van der Waals surface area (Å²) in [7, 11) is 0. The molecule has 0 aliphatic carbocycles. The second-order valence-electron chi connectivity index (χ2n) is 6.43. The molecule has 0 saturated carbocycles. The first-order chi connectivity index (χ1) is 12.8. The summed E-state index contributed by atoms with van der Waals surface area (Å²) in [5.41, 5.74) is 4.88. The number of aromatic amines is 1. The number of H-pyrrole nitrogens is 1. The molecule has 3 aromatic heterocycles. The molecule has 0 spiro atoms. The van der Waals surface area contributed by atoms with E-state index in [0.29, 0.717) is 0 Å². The van der Waals surface area contributed by atoms with Crippen molar-refractivity contribution >= 4 is 38.8 Å². The molecule has 5 aromatic rings. The van der Waals surface area contributed by atoms with Crippen molar-refractivity contribution in [1.29, 1.82) is 0 Å². The summed E-state index contributed by atoms with van der Waals surface area (Å²) in [6.45, 7) is 2.68. The molecule has 0 unspecified atom stereocenters. The highest BCUT2D eigenvalue weighted by molar-refractivity contribution is 6.05. The summed E-state index contributed by atoms with van der Waals surface area (Å²) >= 11 is 0. The van der Waals surface area contributed by atoms with Gasteiger partial charge in [-0.1, -0.05) is 30.3 Å². The molecule has 26 heavy (non-hydrogen) atoms. The van der Waals surface area contributed by atoms with Gasteiger partial charge in [0, 0.05) is 29.0 Å². The standard InChI is InChI=1S/C21H18N4O/c1-13-24-19-16-7-3-5-9-18(16)26-20(19)21(25-13)22-11-10-14-12-23-17-8-4-2-6-15(14)17/h2-9,12,23H,10-11H2,1H3,(H,22,24,25). The van der Waals surface area contributed by atoms with Crippen molar-refractivity contribution in [2.75, 3.05) is 11.9 Å². The van der Waals surface area contributed by atoms with Gasteiger partial charge < -0.3 is 14.7 Å². The zero-order chi connectivity index (χ0) is 17.5. The molecule has 0 aliphatic rings. The fourth-order valence-electron chi connectivity index (χ4n) is 3.48. The third-order valence-corrected chi connectivity index (χ3v) is 4.69. The van der Waals surface area contributed by atoms with Crippen LogP contribution in [0.2, 0.25) is 0 Å². The summed E-state index contributed by atoms with van der Waals surface area (Å²) < 4.78 is 6.00. The summed E-state index contributed by atoms with van der Waals surface area (Å²) in [4.78, 5) is 12.4. The first kappa shape index (κ1) is 15.0. The highest BCUT2D eigenvalue weighted by Gasteiger charge is 2.14. The Morgan fingerprint density at radius 1 is 1.00 bits per heavy atom. The topological polar surface area (TPSA) is 66.7 Å². The van der Waals surface area contributed by atoms with Crippen LogP contribution < -0.4 is 5.32 Å². The van der Waals surface area contributed by atoms with Crippen molar-refractivity contribution in [3.63, 3.8) is 0 Å². The van der Waals surface area contributed by atoms with Crippen LogP contribution in [0.25, 0.3) is 33.0 Å². The molecule has 5 rings (SSSR count). The van der Waals surface area contributed by atoms with Gasteiger partial charge in [0.2, 0.25) is 0 Å². The quantitative estimate of drug-likeness (QED) is 0.491. The summed E-state index contributed by atoms with van der Waals surface area (Å²) in [5, 5.41) is 5.72. The second-order valence-corrected chi connectivity index (χ2v) is 6.43. The van der Waals surface area contributed by atoms with Crippen LogP contribution in [0.4, 0.5) is 5.82 Å². The van der Waals surface area contributed by atoms with E-state index in [1.54, 1.807) is 0 Å². The van der Waals surface area contributed by atoms with Crippen LogP contribution in [0.1, 0.15) is 11.4 Å². The summed E-state index contributed by atoms with van der Waals surface area (Å²) in [6, 6.07) is 16.3. The summed E-state index contributed by atoms with van der Waals surface area (Å²) in [5.74, 6) is 1.49. The maximum absolute atomic E-state index is 6.00. The number of nitrogens with one attached hydrogen (secondary N) is 2. The SMILES string of the molecule is Cc1nc(NCCc2c[nH]c3ccccc23)c2oc3ccccc3c2n1. The first-order valence-corrected chi connectivity index (χ1v) is 8.74. The van der Waals surface area contributed by atoms with E-state index in [1.165, 1.54) is 16.5 Å². The van der Waals surface area contributed by atoms with Crippen molar-refractivity contribution in [2.24, 2.45) is 0 Å². The predicted molar refractivity (Wildman–Crippen MR) is 105 cm³/mol. The number of fused-ring (bicyclic) bond motifs is 4. The van der Waals surface area contributed by atoms with Crippen molar-refractivity contribution in [3.05, 3.63) is 66.1 Å². The molecule has 0 amide bonds. The van der Waals surface area contributed by atoms with Gasteiger partial charge in [-0.25, -0.2) is 9.97 Å². The van der Waals surface area contributed by atoms with E-state index in [9.17, 15) is 0 Å². The van der Waals surface area contributed by atoms with Gasteiger partial charge in [0.25, 0.3) is 0 Å². The highest BCUT2D eigenvalue weighted by Crippen LogP contribution is 2.31. The largest absolute Gasteiger partial charge is 0.450 e. The van der Waals surface area contributed by atoms with Crippen molar-refractivity contribution < 1.29 is 4.42 Å². The zero-order valence-corrected chi connectivity index (χ0v) is 14.4. The molecule has 0 saturated heterocycles. The van der Waals surface area contributed by atoms with Gasteiger partial charge in [-0.2, -0.15) is 0 Å². The van der Waals surface area contributed by atoms with Crippen LogP contribution in [0, 0.1) is 6.92 Å². The van der Waals surface area contributed by atoms with Gasteiger partial charge in [-0.15, -0.1) is 0 Å². The summed E-state index contributed by atoms with van der Waals surface area (Å²) in [6.07, 6.45) is 2.98. The molecule has 5 nitrogen and oxygen atoms in total. The number of aryl methyl sites for hydroxylation is 1. The molecule has 5 heteroatoms. The Kier molecular flexibility index (Phi) is 3.38. The van der Waals surface area contributed by atoms with Gasteiger partial charge in [0.1, 0.15) is 16.9 Å². The van der Waals surface area contributed by atoms with Gasteiger partial charge >= 0.3 is 0 Å². The van der Waals surface area contributed by atoms with Crippen molar-refractivity contribution in [1.82, 2.24) is 15.0 Å². The van der Waals surface area contributed by atoms with Crippen LogP contribution in [0.15, 0.2) is 59.1 Å². The monoisotopic (exact) mass is 342 g/mol. The molecule has 0 bridgehead atoms. The Bertz CT molecular complexity index is 1230. The predicted octanol–water partition coefficient (Wildman–Crippen LogP) is 4.82. The van der Waals surface area contributed by atoms with Crippen molar-refractivity contribution in [2.45, 2.75) is 13.3 Å². The van der Waals surface area contributed by atoms with Crippen LogP contribution in [-0.2, 0) is 6.42 Å². The van der Waals surface area contributed by atoms with E-state index in [0.717, 1.165) is 46.7 Å². The molecule has 0 aliphatic heterocycles. The van der Waals surface area contributed by atoms with Gasteiger partial charge in [-0.05, 0) is 37.1 Å². The number of aromatic nitrogens is 3. The van der Waals surface area contributed by atoms with Crippen LogP contribution in [-0.4, -0.2) is 21.5 Å². The number of benzene rings is 2. The smallest absolute Gasteiger partial charge is 0.196 e. The van der Waals surface area contributed by atoms with E-state index in [4.69, 9.17) is 4.42 Å². The fraction of sp³-hybridized carbons (Fsp3) is 0.143. The van der Waals surface area contributed by atoms with Gasteiger partial charge in [0.05, 0.1) is 0 Å². The molecular weight excluding hydrogens is 324 g/mol. The molecule has 3 heterocycles. The lowest BCUT2D eigenvalue weighted by molar-refractivity contribution is 0.666. The second kappa shape index (κ2) is 5.88. The van der Waals surface area contributed by atoms with Gasteiger partial charge in [0.15, 0.2) is 11.4 Å². The minimum atomic E-state index is 0.718. The van der Waals surface area contributed by atoms with E-state index < -0.39 is 0 Å². The Hall–Kier alpha value is -3.34. The molecule has 2 N–H and O–H groups in total. The normalized spacial score (nSPS) is 11.6. The average molecular weight is 342 g/mol. The Morgan fingerprint density at radius 3 is 2.73 bits per heavy atom. The third kappa shape index (κ3) is 2.40. The Labute approximate surface area is 150 Å². The number of hydrogen-bond donors (Lipinski definition) is 2. The maximum atomic E-state index is 6.00. The van der Waals surface area contributed by atoms with E-state index in [-0.39, 0.29) is 0 Å². The Balaban J connectivity index is 1.46. The maximum Gasteiger partial charge on any atom is 0.196 e. The van der Waals surface area contributed by atoms with E-state index in [1.807, 2.05) is 37.3 Å². The number of nitrogens with zero attached hydrogens (tertiary/aromatic N) is 2. The molecule has 0 radical (unpaired) electrons. The average Bonchev–Trinajstić information content (AvgIpc) is 3.24. The third-order valence-electron chi connectivity index (χ3n) is 4.69. The lowest BCUT2D eigenvalue weighted by Gasteiger charge is -2.06. The van der Waals surface area contributed by atoms with E-state index >= 15 is 0 Å². The Morgan fingerprint density at radius 2 is 1.81 bits per heavy atom. The number of para-hydroxylation sites is 2. The number of anilines is 1. The molecular formula is C21H18N4O.